The molecule has 14 heavy (non-hydrogen) atoms. The quantitative estimate of drug-likeness (QED) is 0.569. The van der Waals surface area contributed by atoms with E-state index in [1.54, 1.807) is 7.11 Å². The molecule has 86 valence electrons. The lowest BCUT2D eigenvalue weighted by molar-refractivity contribution is 0.185. The minimum atomic E-state index is 0.729. The molecule has 0 saturated heterocycles. The Morgan fingerprint density at radius 1 is 1.36 bits per heavy atom. The number of hydrogen-bond donors (Lipinski definition) is 1. The second-order valence-corrected chi connectivity index (χ2v) is 4.12. The summed E-state index contributed by atoms with van der Waals surface area (Å²) in [5, 5.41) is 3.20. The third-order valence-electron chi connectivity index (χ3n) is 2.31. The molecular formula is C11H26N2O. The van der Waals surface area contributed by atoms with Crippen molar-refractivity contribution in [3.8, 4) is 0 Å². The van der Waals surface area contributed by atoms with Crippen molar-refractivity contribution in [3.63, 3.8) is 0 Å². The molecule has 3 nitrogen and oxygen atoms in total. The third-order valence-corrected chi connectivity index (χ3v) is 2.31. The lowest BCUT2D eigenvalue weighted by atomic mass is 10.1. The van der Waals surface area contributed by atoms with Gasteiger partial charge >= 0.3 is 0 Å². The summed E-state index contributed by atoms with van der Waals surface area (Å²) in [7, 11) is 5.97. The highest BCUT2D eigenvalue weighted by atomic mass is 16.5. The van der Waals surface area contributed by atoms with Gasteiger partial charge in [-0.15, -0.1) is 0 Å². The van der Waals surface area contributed by atoms with Crippen LogP contribution >= 0.6 is 0 Å². The van der Waals surface area contributed by atoms with Crippen LogP contribution in [0.15, 0.2) is 0 Å². The number of ether oxygens (including phenoxy) is 1. The van der Waals surface area contributed by atoms with Crippen molar-refractivity contribution in [3.05, 3.63) is 0 Å². The van der Waals surface area contributed by atoms with Crippen LogP contribution in [-0.2, 0) is 4.74 Å². The van der Waals surface area contributed by atoms with Gasteiger partial charge in [0.05, 0.1) is 0 Å². The number of unbranched alkanes of at least 4 members (excludes halogenated alkanes) is 1. The Morgan fingerprint density at radius 2 is 2.07 bits per heavy atom. The summed E-state index contributed by atoms with van der Waals surface area (Å²) in [6, 6.07) is 0. The van der Waals surface area contributed by atoms with Crippen molar-refractivity contribution in [2.75, 3.05) is 47.4 Å². The van der Waals surface area contributed by atoms with Gasteiger partial charge in [-0.3, -0.25) is 0 Å². The molecule has 1 N–H and O–H groups in total. The Morgan fingerprint density at radius 3 is 2.64 bits per heavy atom. The molecule has 0 aromatic carbocycles. The molecule has 0 aromatic rings. The van der Waals surface area contributed by atoms with Crippen LogP contribution in [0.5, 0.6) is 0 Å². The molecular weight excluding hydrogens is 176 g/mol. The Labute approximate surface area is 88.8 Å². The van der Waals surface area contributed by atoms with Gasteiger partial charge in [0.1, 0.15) is 0 Å². The van der Waals surface area contributed by atoms with E-state index < -0.39 is 0 Å². The van der Waals surface area contributed by atoms with Crippen LogP contribution in [0.2, 0.25) is 0 Å². The molecule has 0 amide bonds. The zero-order valence-corrected chi connectivity index (χ0v) is 10.2. The van der Waals surface area contributed by atoms with E-state index in [0.29, 0.717) is 0 Å². The predicted molar refractivity (Wildman–Crippen MR) is 61.7 cm³/mol. The summed E-state index contributed by atoms with van der Waals surface area (Å²) in [6.07, 6.45) is 2.40. The van der Waals surface area contributed by atoms with Crippen LogP contribution in [0, 0.1) is 5.92 Å². The van der Waals surface area contributed by atoms with E-state index >= 15 is 0 Å². The third kappa shape index (κ3) is 8.48. The Kier molecular flexibility index (Phi) is 9.35. The molecule has 0 aliphatic rings. The van der Waals surface area contributed by atoms with Gasteiger partial charge in [-0.1, -0.05) is 6.92 Å². The summed E-state index contributed by atoms with van der Waals surface area (Å²) in [5.74, 6) is 0.729. The van der Waals surface area contributed by atoms with Crippen molar-refractivity contribution >= 4 is 0 Å². The molecule has 1 atom stereocenters. The Hall–Kier alpha value is -0.120. The molecule has 0 fully saturated rings. The lowest BCUT2D eigenvalue weighted by Crippen LogP contribution is -2.30. The standard InChI is InChI=1S/C11H26N2O/c1-11(9-12-2)10-13(3)7-5-6-8-14-4/h11-12H,5-10H2,1-4H3. The molecule has 0 aliphatic carbocycles. The minimum Gasteiger partial charge on any atom is -0.385 e. The van der Waals surface area contributed by atoms with Crippen LogP contribution in [0.25, 0.3) is 0 Å². The van der Waals surface area contributed by atoms with E-state index in [4.69, 9.17) is 4.74 Å². The summed E-state index contributed by atoms with van der Waals surface area (Å²) >= 11 is 0. The summed E-state index contributed by atoms with van der Waals surface area (Å²) in [6.45, 7) is 6.62. The van der Waals surface area contributed by atoms with Gasteiger partial charge in [-0.25, -0.2) is 0 Å². The first kappa shape index (κ1) is 13.9. The molecule has 0 radical (unpaired) electrons. The second kappa shape index (κ2) is 9.44. The van der Waals surface area contributed by atoms with E-state index in [9.17, 15) is 0 Å². The van der Waals surface area contributed by atoms with Gasteiger partial charge in [-0.05, 0) is 45.9 Å². The molecule has 0 heterocycles. The van der Waals surface area contributed by atoms with Crippen LogP contribution < -0.4 is 5.32 Å². The fourth-order valence-corrected chi connectivity index (χ4v) is 1.66. The topological polar surface area (TPSA) is 24.5 Å². The minimum absolute atomic E-state index is 0.729. The number of nitrogens with zero attached hydrogens (tertiary/aromatic N) is 1. The summed E-state index contributed by atoms with van der Waals surface area (Å²) in [5.41, 5.74) is 0. The molecule has 0 aromatic heterocycles. The van der Waals surface area contributed by atoms with Gasteiger partial charge in [0.25, 0.3) is 0 Å². The number of rotatable bonds is 9. The maximum atomic E-state index is 5.01. The van der Waals surface area contributed by atoms with Crippen molar-refractivity contribution in [2.24, 2.45) is 5.92 Å². The highest BCUT2D eigenvalue weighted by molar-refractivity contribution is 4.60. The fourth-order valence-electron chi connectivity index (χ4n) is 1.66. The zero-order valence-electron chi connectivity index (χ0n) is 10.2. The molecule has 1 unspecified atom stereocenters. The smallest absolute Gasteiger partial charge is 0.0462 e. The summed E-state index contributed by atoms with van der Waals surface area (Å²) in [4.78, 5) is 2.40. The average molecular weight is 202 g/mol. The second-order valence-electron chi connectivity index (χ2n) is 4.12. The molecule has 3 heteroatoms. The van der Waals surface area contributed by atoms with Crippen LogP contribution in [0.3, 0.4) is 0 Å². The van der Waals surface area contributed by atoms with Crippen molar-refractivity contribution in [1.82, 2.24) is 10.2 Å². The maximum absolute atomic E-state index is 5.01. The average Bonchev–Trinajstić information content (AvgIpc) is 2.13. The zero-order chi connectivity index (χ0) is 10.8. The number of hydrogen-bond acceptors (Lipinski definition) is 3. The first-order valence-electron chi connectivity index (χ1n) is 5.52. The van der Waals surface area contributed by atoms with Crippen LogP contribution in [-0.4, -0.2) is 52.3 Å². The largest absolute Gasteiger partial charge is 0.385 e. The Bertz CT molecular complexity index is 120. The number of methoxy groups -OCH3 is 1. The molecule has 0 bridgehead atoms. The normalized spacial score (nSPS) is 13.5. The highest BCUT2D eigenvalue weighted by Crippen LogP contribution is 1.99. The first-order chi connectivity index (χ1) is 6.70. The maximum Gasteiger partial charge on any atom is 0.0462 e. The Balaban J connectivity index is 3.30. The molecule has 0 saturated carbocycles. The molecule has 0 rings (SSSR count). The van der Waals surface area contributed by atoms with E-state index in [2.05, 4.69) is 24.2 Å². The van der Waals surface area contributed by atoms with E-state index in [1.807, 2.05) is 7.05 Å². The van der Waals surface area contributed by atoms with E-state index in [1.165, 1.54) is 25.9 Å². The van der Waals surface area contributed by atoms with Crippen LogP contribution in [0.4, 0.5) is 0 Å². The lowest BCUT2D eigenvalue weighted by Gasteiger charge is -2.20. The predicted octanol–water partition coefficient (Wildman–Crippen LogP) is 1.20. The van der Waals surface area contributed by atoms with Crippen molar-refractivity contribution in [2.45, 2.75) is 19.8 Å². The summed E-state index contributed by atoms with van der Waals surface area (Å²) < 4.78 is 5.01. The first-order valence-corrected chi connectivity index (χ1v) is 5.52. The van der Waals surface area contributed by atoms with Gasteiger partial charge < -0.3 is 15.0 Å². The SMILES string of the molecule is CNCC(C)CN(C)CCCCOC. The van der Waals surface area contributed by atoms with E-state index in [-0.39, 0.29) is 0 Å². The number of nitrogens with one attached hydrogen (secondary N) is 1. The molecule has 0 spiro atoms. The van der Waals surface area contributed by atoms with Gasteiger partial charge in [0.15, 0.2) is 0 Å². The van der Waals surface area contributed by atoms with Crippen molar-refractivity contribution < 1.29 is 4.74 Å². The van der Waals surface area contributed by atoms with Crippen molar-refractivity contribution in [1.29, 1.82) is 0 Å². The monoisotopic (exact) mass is 202 g/mol. The van der Waals surface area contributed by atoms with Crippen LogP contribution in [0.1, 0.15) is 19.8 Å². The van der Waals surface area contributed by atoms with E-state index in [0.717, 1.165) is 19.1 Å². The fraction of sp³-hybridized carbons (Fsp3) is 1.00. The van der Waals surface area contributed by atoms with Gasteiger partial charge in [0.2, 0.25) is 0 Å². The van der Waals surface area contributed by atoms with Gasteiger partial charge in [-0.2, -0.15) is 0 Å². The molecule has 0 aliphatic heterocycles. The van der Waals surface area contributed by atoms with Gasteiger partial charge in [0, 0.05) is 20.3 Å². The highest BCUT2D eigenvalue weighted by Gasteiger charge is 2.04.